The monoisotopic (exact) mass is 231 g/mol. The second-order valence-electron chi connectivity index (χ2n) is 3.53. The third kappa shape index (κ3) is 2.70. The molecule has 1 aromatic carbocycles. The van der Waals surface area contributed by atoms with E-state index in [-0.39, 0.29) is 5.91 Å². The number of benzene rings is 1. The first-order chi connectivity index (χ1) is 7.75. The number of hydrogen-bond donors (Lipinski definition) is 1. The molecule has 0 saturated heterocycles. The summed E-state index contributed by atoms with van der Waals surface area (Å²) >= 11 is 1.76. The third-order valence-electron chi connectivity index (χ3n) is 2.20. The van der Waals surface area contributed by atoms with Crippen molar-refractivity contribution in [3.63, 3.8) is 0 Å². The molecule has 2 nitrogen and oxygen atoms in total. The molecule has 0 unspecified atom stereocenters. The fourth-order valence-electron chi connectivity index (χ4n) is 1.46. The van der Waals surface area contributed by atoms with Gasteiger partial charge in [-0.05, 0) is 23.6 Å². The summed E-state index contributed by atoms with van der Waals surface area (Å²) in [5.74, 6) is 0.000917. The van der Waals surface area contributed by atoms with Gasteiger partial charge in [0.25, 0.3) is 0 Å². The van der Waals surface area contributed by atoms with Crippen molar-refractivity contribution in [2.45, 2.75) is 6.92 Å². The van der Waals surface area contributed by atoms with E-state index in [1.807, 2.05) is 24.3 Å². The van der Waals surface area contributed by atoms with Gasteiger partial charge in [0.1, 0.15) is 0 Å². The predicted octanol–water partition coefficient (Wildman–Crippen LogP) is 3.05. The summed E-state index contributed by atoms with van der Waals surface area (Å²) < 4.78 is 1.29. The Bertz CT molecular complexity index is 494. The Hall–Kier alpha value is -1.61. The zero-order valence-electron chi connectivity index (χ0n) is 9.07. The van der Waals surface area contributed by atoms with Gasteiger partial charge in [0.2, 0.25) is 5.91 Å². The van der Waals surface area contributed by atoms with Crippen molar-refractivity contribution in [3.8, 4) is 0 Å². The van der Waals surface area contributed by atoms with Crippen LogP contribution in [0.1, 0.15) is 11.8 Å². The second kappa shape index (κ2) is 4.94. The molecule has 1 N–H and O–H groups in total. The lowest BCUT2D eigenvalue weighted by Crippen LogP contribution is -2.19. The molecule has 2 aromatic rings. The van der Waals surface area contributed by atoms with Gasteiger partial charge in [-0.2, -0.15) is 0 Å². The fourth-order valence-corrected chi connectivity index (χ4v) is 2.46. The smallest absolute Gasteiger partial charge is 0.217 e. The molecule has 0 atom stereocenters. The maximum absolute atomic E-state index is 10.7. The number of nitrogens with one attached hydrogen (secondary N) is 1. The van der Waals surface area contributed by atoms with Crippen LogP contribution in [0.25, 0.3) is 16.2 Å². The highest BCUT2D eigenvalue weighted by molar-refractivity contribution is 7.19. The van der Waals surface area contributed by atoms with E-state index >= 15 is 0 Å². The average molecular weight is 231 g/mol. The molecule has 1 aromatic heterocycles. The molecule has 1 heterocycles. The molecule has 0 aliphatic heterocycles. The second-order valence-corrected chi connectivity index (χ2v) is 4.64. The number of amides is 1. The van der Waals surface area contributed by atoms with Gasteiger partial charge in [0, 0.05) is 23.0 Å². The number of hydrogen-bond acceptors (Lipinski definition) is 2. The quantitative estimate of drug-likeness (QED) is 0.864. The van der Waals surface area contributed by atoms with E-state index in [0.717, 1.165) is 0 Å². The number of carbonyl (C=O) groups excluding carboxylic acids is 1. The number of fused-ring (bicyclic) bond motifs is 1. The molecule has 0 spiro atoms. The molecular weight excluding hydrogens is 218 g/mol. The maximum atomic E-state index is 10.7. The summed E-state index contributed by atoms with van der Waals surface area (Å²) in [5.41, 5.74) is 0. The highest BCUT2D eigenvalue weighted by Gasteiger charge is 1.96. The normalized spacial score (nSPS) is 11.1. The minimum atomic E-state index is 0.000917. The highest BCUT2D eigenvalue weighted by atomic mass is 32.1. The van der Waals surface area contributed by atoms with E-state index in [0.29, 0.717) is 6.54 Å². The number of thiophene rings is 1. The summed E-state index contributed by atoms with van der Waals surface area (Å²) in [6.45, 7) is 2.11. The molecule has 3 heteroatoms. The summed E-state index contributed by atoms with van der Waals surface area (Å²) in [7, 11) is 0. The predicted molar refractivity (Wildman–Crippen MR) is 69.5 cm³/mol. The summed E-state index contributed by atoms with van der Waals surface area (Å²) in [5, 5.41) is 4.00. The van der Waals surface area contributed by atoms with E-state index in [2.05, 4.69) is 23.5 Å². The first-order valence-electron chi connectivity index (χ1n) is 5.15. The molecule has 1 amide bonds. The van der Waals surface area contributed by atoms with Gasteiger partial charge in [0.05, 0.1) is 0 Å². The Morgan fingerprint density at radius 3 is 3.00 bits per heavy atom. The third-order valence-corrected chi connectivity index (χ3v) is 3.28. The van der Waals surface area contributed by atoms with Crippen LogP contribution in [-0.4, -0.2) is 12.5 Å². The summed E-state index contributed by atoms with van der Waals surface area (Å²) in [6, 6.07) is 10.5. The first-order valence-corrected chi connectivity index (χ1v) is 5.97. The zero-order valence-corrected chi connectivity index (χ0v) is 9.88. The van der Waals surface area contributed by atoms with Gasteiger partial charge in [0.15, 0.2) is 0 Å². The lowest BCUT2D eigenvalue weighted by atomic mass is 10.2. The molecule has 16 heavy (non-hydrogen) atoms. The van der Waals surface area contributed by atoms with Crippen molar-refractivity contribution < 1.29 is 4.79 Å². The lowest BCUT2D eigenvalue weighted by molar-refractivity contribution is -0.118. The SMILES string of the molecule is CC(=O)NCC=Cc1cc2ccccc2s1. The van der Waals surface area contributed by atoms with E-state index in [1.165, 1.54) is 21.9 Å². The maximum Gasteiger partial charge on any atom is 0.217 e. The van der Waals surface area contributed by atoms with E-state index in [1.54, 1.807) is 11.3 Å². The van der Waals surface area contributed by atoms with Gasteiger partial charge in [-0.15, -0.1) is 11.3 Å². The van der Waals surface area contributed by atoms with Crippen LogP contribution in [-0.2, 0) is 4.79 Å². The van der Waals surface area contributed by atoms with Crippen LogP contribution >= 0.6 is 11.3 Å². The molecule has 0 radical (unpaired) electrons. The molecule has 2 rings (SSSR count). The van der Waals surface area contributed by atoms with Crippen LogP contribution in [0, 0.1) is 0 Å². The van der Waals surface area contributed by atoms with Gasteiger partial charge in [-0.25, -0.2) is 0 Å². The van der Waals surface area contributed by atoms with Crippen molar-refractivity contribution in [2.75, 3.05) is 6.54 Å². The standard InChI is InChI=1S/C13H13NOS/c1-10(15)14-8-4-6-12-9-11-5-2-3-7-13(11)16-12/h2-7,9H,8H2,1H3,(H,14,15). The highest BCUT2D eigenvalue weighted by Crippen LogP contribution is 2.25. The van der Waals surface area contributed by atoms with Crippen molar-refractivity contribution in [3.05, 3.63) is 41.3 Å². The minimum absolute atomic E-state index is 0.000917. The number of rotatable bonds is 3. The molecular formula is C13H13NOS. The van der Waals surface area contributed by atoms with Crippen molar-refractivity contribution >= 4 is 33.4 Å². The Labute approximate surface area is 98.6 Å². The Kier molecular flexibility index (Phi) is 3.37. The minimum Gasteiger partial charge on any atom is -0.353 e. The Morgan fingerprint density at radius 2 is 2.25 bits per heavy atom. The first kappa shape index (κ1) is 10.9. The van der Waals surface area contributed by atoms with Crippen LogP contribution in [0.2, 0.25) is 0 Å². The summed E-state index contributed by atoms with van der Waals surface area (Å²) in [6.07, 6.45) is 4.01. The topological polar surface area (TPSA) is 29.1 Å². The van der Waals surface area contributed by atoms with Crippen molar-refractivity contribution in [1.82, 2.24) is 5.32 Å². The van der Waals surface area contributed by atoms with Gasteiger partial charge in [-0.1, -0.05) is 24.3 Å². The molecule has 0 bridgehead atoms. The average Bonchev–Trinajstić information content (AvgIpc) is 2.66. The summed E-state index contributed by atoms with van der Waals surface area (Å²) in [4.78, 5) is 11.9. The van der Waals surface area contributed by atoms with Crippen LogP contribution in [0.5, 0.6) is 0 Å². The van der Waals surface area contributed by atoms with Crippen molar-refractivity contribution in [2.24, 2.45) is 0 Å². The molecule has 0 saturated carbocycles. The molecule has 82 valence electrons. The van der Waals surface area contributed by atoms with Crippen LogP contribution in [0.3, 0.4) is 0 Å². The van der Waals surface area contributed by atoms with Gasteiger partial charge >= 0.3 is 0 Å². The van der Waals surface area contributed by atoms with Gasteiger partial charge in [-0.3, -0.25) is 4.79 Å². The lowest BCUT2D eigenvalue weighted by Gasteiger charge is -1.93. The van der Waals surface area contributed by atoms with Crippen LogP contribution in [0.4, 0.5) is 0 Å². The zero-order chi connectivity index (χ0) is 11.4. The van der Waals surface area contributed by atoms with Gasteiger partial charge < -0.3 is 5.32 Å². The Morgan fingerprint density at radius 1 is 1.44 bits per heavy atom. The van der Waals surface area contributed by atoms with Crippen molar-refractivity contribution in [1.29, 1.82) is 0 Å². The number of carbonyl (C=O) groups is 1. The molecule has 0 fully saturated rings. The van der Waals surface area contributed by atoms with E-state index in [9.17, 15) is 4.79 Å². The van der Waals surface area contributed by atoms with Crippen LogP contribution in [0.15, 0.2) is 36.4 Å². The van der Waals surface area contributed by atoms with E-state index in [4.69, 9.17) is 0 Å². The largest absolute Gasteiger partial charge is 0.353 e. The van der Waals surface area contributed by atoms with Crippen LogP contribution < -0.4 is 5.32 Å². The Balaban J connectivity index is 2.06. The van der Waals surface area contributed by atoms with E-state index < -0.39 is 0 Å². The molecule has 0 aliphatic carbocycles. The molecule has 0 aliphatic rings. The fraction of sp³-hybridized carbons (Fsp3) is 0.154.